The third-order valence-corrected chi connectivity index (χ3v) is 5.15. The molecule has 7 nitrogen and oxygen atoms in total. The minimum Gasteiger partial charge on any atom is -0.450 e. The highest BCUT2D eigenvalue weighted by Gasteiger charge is 2.27. The van der Waals surface area contributed by atoms with Crippen LogP contribution in [0.4, 0.5) is 4.79 Å². The summed E-state index contributed by atoms with van der Waals surface area (Å²) in [7, 11) is 0. The minimum absolute atomic E-state index is 0. The molecule has 1 heterocycles. The number of carbonyl (C=O) groups is 1. The number of halogens is 1. The van der Waals surface area contributed by atoms with Crippen molar-refractivity contribution in [3.05, 3.63) is 0 Å². The molecule has 0 aliphatic carbocycles. The van der Waals surface area contributed by atoms with Crippen molar-refractivity contribution >= 4 is 36.0 Å². The second kappa shape index (κ2) is 13.4. The third-order valence-electron chi connectivity index (χ3n) is 5.15. The van der Waals surface area contributed by atoms with Crippen molar-refractivity contribution in [2.24, 2.45) is 10.4 Å². The third kappa shape index (κ3) is 7.46. The Labute approximate surface area is 175 Å². The molecule has 0 aromatic rings. The van der Waals surface area contributed by atoms with Crippen LogP contribution in [0.15, 0.2) is 4.99 Å². The number of guanidine groups is 1. The number of aliphatic hydroxyl groups excluding tert-OH is 1. The van der Waals surface area contributed by atoms with Gasteiger partial charge in [-0.3, -0.25) is 4.99 Å². The topological polar surface area (TPSA) is 77.4 Å². The summed E-state index contributed by atoms with van der Waals surface area (Å²) in [5.74, 6) is 0.898. The predicted octanol–water partition coefficient (Wildman–Crippen LogP) is 2.53. The maximum absolute atomic E-state index is 11.8. The van der Waals surface area contributed by atoms with Gasteiger partial charge in [-0.05, 0) is 38.5 Å². The minimum atomic E-state index is -0.233. The largest absolute Gasteiger partial charge is 0.450 e. The van der Waals surface area contributed by atoms with Crippen molar-refractivity contribution in [1.29, 1.82) is 0 Å². The van der Waals surface area contributed by atoms with Crippen LogP contribution in [0.2, 0.25) is 0 Å². The zero-order valence-electron chi connectivity index (χ0n) is 16.8. The normalized spacial score (nSPS) is 15.5. The van der Waals surface area contributed by atoms with Crippen molar-refractivity contribution in [3.63, 3.8) is 0 Å². The van der Waals surface area contributed by atoms with Crippen molar-refractivity contribution < 1.29 is 14.6 Å². The van der Waals surface area contributed by atoms with Crippen LogP contribution in [0.5, 0.6) is 0 Å². The molecule has 1 saturated heterocycles. The van der Waals surface area contributed by atoms with Crippen molar-refractivity contribution in [1.82, 2.24) is 15.1 Å². The van der Waals surface area contributed by atoms with Gasteiger partial charge in [0.15, 0.2) is 5.96 Å². The van der Waals surface area contributed by atoms with E-state index in [0.29, 0.717) is 26.2 Å². The zero-order valence-corrected chi connectivity index (χ0v) is 19.1. The summed E-state index contributed by atoms with van der Waals surface area (Å²) in [4.78, 5) is 20.6. The molecule has 0 radical (unpaired) electrons. The molecule has 0 unspecified atom stereocenters. The molecule has 0 saturated carbocycles. The second-order valence-electron chi connectivity index (χ2n) is 6.52. The first-order valence-corrected chi connectivity index (χ1v) is 9.61. The second-order valence-corrected chi connectivity index (χ2v) is 6.52. The van der Waals surface area contributed by atoms with Crippen molar-refractivity contribution in [2.45, 2.75) is 47.0 Å². The molecule has 0 bridgehead atoms. The fourth-order valence-electron chi connectivity index (χ4n) is 3.13. The van der Waals surface area contributed by atoms with E-state index in [-0.39, 0.29) is 42.1 Å². The Morgan fingerprint density at radius 3 is 2.15 bits per heavy atom. The lowest BCUT2D eigenvalue weighted by Gasteiger charge is -2.36. The van der Waals surface area contributed by atoms with Gasteiger partial charge in [0.25, 0.3) is 0 Å². The van der Waals surface area contributed by atoms with E-state index in [1.165, 1.54) is 0 Å². The van der Waals surface area contributed by atoms with E-state index in [1.54, 1.807) is 4.90 Å². The van der Waals surface area contributed by atoms with Crippen LogP contribution in [-0.4, -0.2) is 79.4 Å². The van der Waals surface area contributed by atoms with Crippen LogP contribution in [0.3, 0.4) is 0 Å². The maximum Gasteiger partial charge on any atom is 0.409 e. The molecular weight excluding hydrogens is 447 g/mol. The molecule has 8 heteroatoms. The monoisotopic (exact) mass is 484 g/mol. The Morgan fingerprint density at radius 2 is 1.69 bits per heavy atom. The summed E-state index contributed by atoms with van der Waals surface area (Å²) in [5.41, 5.74) is 0.0577. The summed E-state index contributed by atoms with van der Waals surface area (Å²) < 4.78 is 5.07. The lowest BCUT2D eigenvalue weighted by atomic mass is 9.79. The number of piperazine rings is 1. The first kappa shape index (κ1) is 25.2. The number of amides is 1. The summed E-state index contributed by atoms with van der Waals surface area (Å²) in [6.45, 7) is 13.1. The highest BCUT2D eigenvalue weighted by atomic mass is 127. The molecule has 1 rings (SSSR count). The van der Waals surface area contributed by atoms with E-state index in [1.807, 2.05) is 6.92 Å². The van der Waals surface area contributed by atoms with E-state index in [2.05, 4.69) is 31.0 Å². The molecule has 0 aromatic carbocycles. The number of hydrogen-bond acceptors (Lipinski definition) is 4. The molecule has 0 atom stereocenters. The van der Waals surface area contributed by atoms with Crippen LogP contribution in [0.25, 0.3) is 0 Å². The predicted molar refractivity (Wildman–Crippen MR) is 116 cm³/mol. The number of carbonyl (C=O) groups excluding carboxylic acids is 1. The molecule has 2 N–H and O–H groups in total. The SMILES string of the molecule is CCNC(=NCC(CC)(CC)CCO)N1CCN(C(=O)OCC)CC1.I. The van der Waals surface area contributed by atoms with Gasteiger partial charge in [-0.15, -0.1) is 24.0 Å². The average molecular weight is 484 g/mol. The highest BCUT2D eigenvalue weighted by Crippen LogP contribution is 2.30. The van der Waals surface area contributed by atoms with Gasteiger partial charge in [0.2, 0.25) is 0 Å². The molecule has 1 fully saturated rings. The summed E-state index contributed by atoms with van der Waals surface area (Å²) in [6, 6.07) is 0. The van der Waals surface area contributed by atoms with Gasteiger partial charge in [-0.25, -0.2) is 4.79 Å². The molecule has 1 aliphatic rings. The van der Waals surface area contributed by atoms with E-state index in [4.69, 9.17) is 9.73 Å². The highest BCUT2D eigenvalue weighted by molar-refractivity contribution is 14.0. The maximum atomic E-state index is 11.8. The van der Waals surface area contributed by atoms with Gasteiger partial charge in [-0.1, -0.05) is 13.8 Å². The smallest absolute Gasteiger partial charge is 0.409 e. The number of nitrogens with one attached hydrogen (secondary N) is 1. The molecule has 26 heavy (non-hydrogen) atoms. The van der Waals surface area contributed by atoms with E-state index < -0.39 is 0 Å². The molecule has 0 aromatic heterocycles. The fourth-order valence-corrected chi connectivity index (χ4v) is 3.13. The van der Waals surface area contributed by atoms with Gasteiger partial charge in [0.1, 0.15) is 0 Å². The van der Waals surface area contributed by atoms with Crippen LogP contribution in [0.1, 0.15) is 47.0 Å². The van der Waals surface area contributed by atoms with Crippen molar-refractivity contribution in [3.8, 4) is 0 Å². The van der Waals surface area contributed by atoms with E-state index >= 15 is 0 Å². The Morgan fingerprint density at radius 1 is 1.12 bits per heavy atom. The van der Waals surface area contributed by atoms with Gasteiger partial charge in [-0.2, -0.15) is 0 Å². The van der Waals surface area contributed by atoms with Gasteiger partial charge in [0, 0.05) is 45.9 Å². The van der Waals surface area contributed by atoms with E-state index in [9.17, 15) is 9.90 Å². The molecule has 0 spiro atoms. The van der Waals surface area contributed by atoms with Crippen LogP contribution in [0, 0.1) is 5.41 Å². The zero-order chi connectivity index (χ0) is 18.7. The Bertz CT molecular complexity index is 423. The summed E-state index contributed by atoms with van der Waals surface area (Å²) >= 11 is 0. The number of nitrogens with zero attached hydrogens (tertiary/aromatic N) is 3. The lowest BCUT2D eigenvalue weighted by molar-refractivity contribution is 0.0913. The van der Waals surface area contributed by atoms with Crippen molar-refractivity contribution in [2.75, 3.05) is 52.5 Å². The van der Waals surface area contributed by atoms with Gasteiger partial charge in [0.05, 0.1) is 6.61 Å². The van der Waals surface area contributed by atoms with E-state index in [0.717, 1.165) is 44.9 Å². The molecule has 1 aliphatic heterocycles. The number of rotatable bonds is 8. The summed E-state index contributed by atoms with van der Waals surface area (Å²) in [5, 5.41) is 12.7. The van der Waals surface area contributed by atoms with Crippen LogP contribution < -0.4 is 5.32 Å². The summed E-state index contributed by atoms with van der Waals surface area (Å²) in [6.07, 6.45) is 2.55. The molecule has 154 valence electrons. The number of aliphatic imine (C=N–C) groups is 1. The van der Waals surface area contributed by atoms with Gasteiger partial charge < -0.3 is 25.0 Å². The lowest BCUT2D eigenvalue weighted by Crippen LogP contribution is -2.54. The van der Waals surface area contributed by atoms with Crippen LogP contribution in [-0.2, 0) is 4.74 Å². The quantitative estimate of drug-likeness (QED) is 0.315. The first-order valence-electron chi connectivity index (χ1n) is 9.61. The standard InChI is InChI=1S/C18H36N4O3.HI/c1-5-18(6-2,9-14-23)15-20-16(19-7-3)21-10-12-22(13-11-21)17(24)25-8-4;/h23H,5-15H2,1-4H3,(H,19,20);1H. The molecule has 1 amide bonds. The average Bonchev–Trinajstić information content (AvgIpc) is 2.64. The Hall–Kier alpha value is -0.770. The fraction of sp³-hybridized carbons (Fsp3) is 0.889. The molecular formula is C18H37IN4O3. The Balaban J connectivity index is 0.00000625. The number of ether oxygens (including phenoxy) is 1. The Kier molecular flexibility index (Phi) is 13.0. The van der Waals surface area contributed by atoms with Gasteiger partial charge >= 0.3 is 6.09 Å². The number of aliphatic hydroxyl groups is 1. The number of hydrogen-bond donors (Lipinski definition) is 2. The van der Waals surface area contributed by atoms with Crippen LogP contribution >= 0.6 is 24.0 Å². The first-order chi connectivity index (χ1) is 12.1.